The largest absolute Gasteiger partial charge is 0.381 e. The van der Waals surface area contributed by atoms with Crippen LogP contribution in [-0.2, 0) is 4.74 Å². The van der Waals surface area contributed by atoms with Crippen LogP contribution in [-0.4, -0.2) is 24.0 Å². The maximum absolute atomic E-state index is 11.9. The Morgan fingerprint density at radius 1 is 1.12 bits per heavy atom. The number of aromatic nitrogens is 1. The lowest BCUT2D eigenvalue weighted by Crippen LogP contribution is -2.15. The third-order valence-electron chi connectivity index (χ3n) is 4.42. The van der Waals surface area contributed by atoms with Gasteiger partial charge in [0, 0.05) is 30.0 Å². The molecule has 0 radical (unpaired) electrons. The van der Waals surface area contributed by atoms with E-state index >= 15 is 0 Å². The van der Waals surface area contributed by atoms with Crippen LogP contribution in [0.5, 0.6) is 0 Å². The van der Waals surface area contributed by atoms with Gasteiger partial charge in [-0.05, 0) is 43.4 Å². The topological polar surface area (TPSA) is 59.2 Å². The van der Waals surface area contributed by atoms with E-state index < -0.39 is 0 Å². The van der Waals surface area contributed by atoms with E-state index in [-0.39, 0.29) is 16.4 Å². The summed E-state index contributed by atoms with van der Waals surface area (Å²) in [7, 11) is 0. The van der Waals surface area contributed by atoms with E-state index in [0.717, 1.165) is 42.9 Å². The van der Waals surface area contributed by atoms with Crippen LogP contribution in [0.2, 0.25) is 5.02 Å². The third-order valence-corrected chi connectivity index (χ3v) is 4.72. The van der Waals surface area contributed by atoms with Crippen LogP contribution in [0.3, 0.4) is 0 Å². The number of allylic oxidation sites excluding steroid dienone is 1. The number of carbonyl (C=O) groups is 1. The fourth-order valence-electron chi connectivity index (χ4n) is 2.96. The highest BCUT2D eigenvalue weighted by atomic mass is 35.5. The highest BCUT2D eigenvalue weighted by molar-refractivity contribution is 6.30. The summed E-state index contributed by atoms with van der Waals surface area (Å²) < 4.78 is 5.43. The number of ketones is 1. The molecule has 1 fully saturated rings. The summed E-state index contributed by atoms with van der Waals surface area (Å²) in [6.45, 7) is 3.04. The maximum atomic E-state index is 11.9. The first kappa shape index (κ1) is 17.6. The van der Waals surface area contributed by atoms with E-state index in [1.807, 2.05) is 30.3 Å². The predicted molar refractivity (Wildman–Crippen MR) is 99.1 cm³/mol. The Morgan fingerprint density at radius 3 is 2.36 bits per heavy atom. The second-order valence-corrected chi connectivity index (χ2v) is 6.62. The Bertz CT molecular complexity index is 846. The lowest BCUT2D eigenvalue weighted by atomic mass is 9.92. The number of carbonyl (C=O) groups excluding carboxylic acids is 1. The molecule has 1 aliphatic rings. The monoisotopic (exact) mass is 357 g/mol. The van der Waals surface area contributed by atoms with Gasteiger partial charge >= 0.3 is 0 Å². The quantitative estimate of drug-likeness (QED) is 0.838. The van der Waals surface area contributed by atoms with Crippen LogP contribution < -0.4 is 5.56 Å². The Morgan fingerprint density at radius 2 is 1.76 bits per heavy atom. The number of hydrogen-bond donors (Lipinski definition) is 1. The zero-order valence-electron chi connectivity index (χ0n) is 14.0. The summed E-state index contributed by atoms with van der Waals surface area (Å²) in [5.74, 6) is 0.414. The molecule has 0 amide bonds. The van der Waals surface area contributed by atoms with E-state index in [0.29, 0.717) is 11.5 Å². The average molecular weight is 358 g/mol. The van der Waals surface area contributed by atoms with Gasteiger partial charge in [-0.15, -0.1) is 0 Å². The SMILES string of the molecule is CC(=O)c1ccc(/C(=C/C2CCOCC2)c2ccc(Cl)c(=O)[nH]2)cc1. The van der Waals surface area contributed by atoms with Crippen molar-refractivity contribution in [3.8, 4) is 0 Å². The van der Waals surface area contributed by atoms with Crippen LogP contribution in [0.25, 0.3) is 5.57 Å². The second-order valence-electron chi connectivity index (χ2n) is 6.21. The van der Waals surface area contributed by atoms with E-state index in [2.05, 4.69) is 11.1 Å². The molecule has 5 heteroatoms. The molecule has 2 heterocycles. The molecule has 2 aromatic rings. The van der Waals surface area contributed by atoms with Gasteiger partial charge in [-0.25, -0.2) is 0 Å². The van der Waals surface area contributed by atoms with Crippen LogP contribution in [0.15, 0.2) is 47.3 Å². The highest BCUT2D eigenvalue weighted by Gasteiger charge is 2.15. The van der Waals surface area contributed by atoms with Crippen LogP contribution in [0.4, 0.5) is 0 Å². The van der Waals surface area contributed by atoms with Gasteiger partial charge in [-0.3, -0.25) is 9.59 Å². The van der Waals surface area contributed by atoms with Crippen LogP contribution in [0.1, 0.15) is 41.4 Å². The summed E-state index contributed by atoms with van der Waals surface area (Å²) >= 11 is 5.86. The Balaban J connectivity index is 2.04. The standard InChI is InChI=1S/C20H20ClNO3/c1-13(23)15-2-4-16(5-3-15)17(12-14-8-10-25-11-9-14)19-7-6-18(21)20(24)22-19/h2-7,12,14H,8-11H2,1H3,(H,22,24)/b17-12-. The molecule has 0 aliphatic carbocycles. The van der Waals surface area contributed by atoms with Gasteiger partial charge < -0.3 is 9.72 Å². The van der Waals surface area contributed by atoms with Crippen LogP contribution >= 0.6 is 11.6 Å². The molecule has 3 rings (SSSR count). The normalized spacial score (nSPS) is 16.0. The molecule has 1 aliphatic heterocycles. The zero-order chi connectivity index (χ0) is 17.8. The molecule has 0 atom stereocenters. The minimum Gasteiger partial charge on any atom is -0.381 e. The highest BCUT2D eigenvalue weighted by Crippen LogP contribution is 2.27. The third kappa shape index (κ3) is 4.27. The molecule has 1 aromatic carbocycles. The van der Waals surface area contributed by atoms with Crippen molar-refractivity contribution in [2.45, 2.75) is 19.8 Å². The van der Waals surface area contributed by atoms with E-state index in [9.17, 15) is 9.59 Å². The summed E-state index contributed by atoms with van der Waals surface area (Å²) in [6, 6.07) is 10.9. The van der Waals surface area contributed by atoms with E-state index in [1.54, 1.807) is 13.0 Å². The first-order valence-electron chi connectivity index (χ1n) is 8.35. The molecule has 0 unspecified atom stereocenters. The number of Topliss-reactive ketones (excluding diaryl/α,β-unsaturated/α-hetero) is 1. The second kappa shape index (κ2) is 7.81. The molecule has 25 heavy (non-hydrogen) atoms. The first-order chi connectivity index (χ1) is 12.0. The van der Waals surface area contributed by atoms with E-state index in [4.69, 9.17) is 16.3 Å². The molecular weight excluding hydrogens is 338 g/mol. The molecule has 1 N–H and O–H groups in total. The van der Waals surface area contributed by atoms with Gasteiger partial charge in [0.1, 0.15) is 5.02 Å². The van der Waals surface area contributed by atoms with Gasteiger partial charge in [-0.1, -0.05) is 41.9 Å². The van der Waals surface area contributed by atoms with E-state index in [1.165, 1.54) is 0 Å². The zero-order valence-corrected chi connectivity index (χ0v) is 14.8. The molecular formula is C20H20ClNO3. The molecule has 1 saturated heterocycles. The van der Waals surface area contributed by atoms with Crippen molar-refractivity contribution in [2.24, 2.45) is 5.92 Å². The fourth-order valence-corrected chi connectivity index (χ4v) is 3.07. The van der Waals surface area contributed by atoms with Crippen molar-refractivity contribution in [1.82, 2.24) is 4.98 Å². The van der Waals surface area contributed by atoms with Crippen molar-refractivity contribution in [1.29, 1.82) is 0 Å². The number of nitrogens with one attached hydrogen (secondary N) is 1. The summed E-state index contributed by atoms with van der Waals surface area (Å²) in [6.07, 6.45) is 4.09. The molecule has 4 nitrogen and oxygen atoms in total. The smallest absolute Gasteiger partial charge is 0.267 e. The van der Waals surface area contributed by atoms with Gasteiger partial charge in [0.05, 0.1) is 0 Å². The fraction of sp³-hybridized carbons (Fsp3) is 0.300. The Labute approximate surface area is 151 Å². The summed E-state index contributed by atoms with van der Waals surface area (Å²) in [5.41, 5.74) is 2.97. The number of ether oxygens (including phenoxy) is 1. The number of hydrogen-bond acceptors (Lipinski definition) is 3. The van der Waals surface area contributed by atoms with Crippen molar-refractivity contribution in [3.05, 3.63) is 74.7 Å². The molecule has 0 spiro atoms. The van der Waals surface area contributed by atoms with Crippen molar-refractivity contribution >= 4 is 23.0 Å². The van der Waals surface area contributed by atoms with Crippen molar-refractivity contribution in [2.75, 3.05) is 13.2 Å². The Kier molecular flexibility index (Phi) is 5.51. The van der Waals surface area contributed by atoms with Crippen molar-refractivity contribution in [3.63, 3.8) is 0 Å². The molecule has 1 aromatic heterocycles. The molecule has 0 bridgehead atoms. The number of rotatable bonds is 4. The predicted octanol–water partition coefficient (Wildman–Crippen LogP) is 4.09. The maximum Gasteiger partial charge on any atom is 0.267 e. The number of aromatic amines is 1. The number of halogens is 1. The van der Waals surface area contributed by atoms with Gasteiger partial charge in [0.15, 0.2) is 5.78 Å². The van der Waals surface area contributed by atoms with Gasteiger partial charge in [0.25, 0.3) is 5.56 Å². The molecule has 0 saturated carbocycles. The number of benzene rings is 1. The summed E-state index contributed by atoms with van der Waals surface area (Å²) in [4.78, 5) is 26.3. The van der Waals surface area contributed by atoms with Gasteiger partial charge in [0.2, 0.25) is 0 Å². The lowest BCUT2D eigenvalue weighted by Gasteiger charge is -2.21. The Hall–Kier alpha value is -2.17. The minimum atomic E-state index is -0.308. The lowest BCUT2D eigenvalue weighted by molar-refractivity contribution is 0.0786. The average Bonchev–Trinajstić information content (AvgIpc) is 2.63. The summed E-state index contributed by atoms with van der Waals surface area (Å²) in [5, 5.41) is 0.168. The number of H-pyrrole nitrogens is 1. The first-order valence-corrected chi connectivity index (χ1v) is 8.72. The van der Waals surface area contributed by atoms with Crippen LogP contribution in [0, 0.1) is 5.92 Å². The van der Waals surface area contributed by atoms with Gasteiger partial charge in [-0.2, -0.15) is 0 Å². The van der Waals surface area contributed by atoms with Crippen molar-refractivity contribution < 1.29 is 9.53 Å². The minimum absolute atomic E-state index is 0.0291. The molecule has 130 valence electrons. The number of pyridine rings is 1.